The summed E-state index contributed by atoms with van der Waals surface area (Å²) in [5.74, 6) is 1.24. The molecule has 2 aliphatic rings. The molecule has 2 fully saturated rings. The maximum atomic E-state index is 5.00. The lowest BCUT2D eigenvalue weighted by molar-refractivity contribution is 0.171. The Morgan fingerprint density at radius 2 is 2.05 bits per heavy atom. The molecule has 4 heterocycles. The van der Waals surface area contributed by atoms with Gasteiger partial charge in [-0.25, -0.2) is 9.97 Å². The first-order valence-electron chi connectivity index (χ1n) is 8.58. The van der Waals surface area contributed by atoms with Gasteiger partial charge in [-0.2, -0.15) is 0 Å². The molecule has 0 spiro atoms. The zero-order valence-corrected chi connectivity index (χ0v) is 13.3. The zero-order valence-electron chi connectivity index (χ0n) is 13.3. The minimum absolute atomic E-state index is 0.442. The second kappa shape index (κ2) is 5.97. The van der Waals surface area contributed by atoms with Crippen LogP contribution in [-0.4, -0.2) is 46.1 Å². The van der Waals surface area contributed by atoms with E-state index in [2.05, 4.69) is 32.9 Å². The van der Waals surface area contributed by atoms with E-state index in [0.29, 0.717) is 12.1 Å². The first kappa shape index (κ1) is 14.2. The van der Waals surface area contributed by atoms with Gasteiger partial charge in [0.15, 0.2) is 5.65 Å². The third-order valence-corrected chi connectivity index (χ3v) is 5.22. The number of rotatable bonds is 2. The van der Waals surface area contributed by atoms with Crippen molar-refractivity contribution in [1.29, 1.82) is 0 Å². The van der Waals surface area contributed by atoms with Gasteiger partial charge >= 0.3 is 0 Å². The van der Waals surface area contributed by atoms with Gasteiger partial charge in [0.2, 0.25) is 0 Å². The highest BCUT2D eigenvalue weighted by atomic mass is 15.2. The number of likely N-dealkylation sites (tertiary alicyclic amines) is 1. The maximum Gasteiger partial charge on any atom is 0.160 e. The number of fused-ring (bicyclic) bond motifs is 1. The van der Waals surface area contributed by atoms with E-state index in [-0.39, 0.29) is 0 Å². The van der Waals surface area contributed by atoms with Gasteiger partial charge in [-0.1, -0.05) is 6.42 Å². The van der Waals surface area contributed by atoms with E-state index in [1.807, 2.05) is 12.3 Å². The molecule has 5 heteroatoms. The van der Waals surface area contributed by atoms with E-state index in [1.54, 1.807) is 0 Å². The van der Waals surface area contributed by atoms with Gasteiger partial charge in [-0.15, -0.1) is 0 Å². The van der Waals surface area contributed by atoms with Gasteiger partial charge in [-0.05, 0) is 64.5 Å². The summed E-state index contributed by atoms with van der Waals surface area (Å²) in [6.45, 7) is 3.36. The maximum absolute atomic E-state index is 5.00. The SMILES string of the molecule is CN1CCCCC1c1nc2cccnc2n1C1CCNCC1. The third-order valence-electron chi connectivity index (χ3n) is 5.22. The van der Waals surface area contributed by atoms with Gasteiger partial charge in [0.05, 0.1) is 6.04 Å². The van der Waals surface area contributed by atoms with Gasteiger partial charge in [0.1, 0.15) is 11.3 Å². The van der Waals surface area contributed by atoms with Crippen molar-refractivity contribution in [2.24, 2.45) is 0 Å². The third kappa shape index (κ3) is 2.42. The Morgan fingerprint density at radius 1 is 1.18 bits per heavy atom. The van der Waals surface area contributed by atoms with Crippen LogP contribution in [0.3, 0.4) is 0 Å². The van der Waals surface area contributed by atoms with Crippen LogP contribution in [0.4, 0.5) is 0 Å². The predicted octanol–water partition coefficient (Wildman–Crippen LogP) is 2.51. The van der Waals surface area contributed by atoms with Crippen LogP contribution in [0.5, 0.6) is 0 Å². The lowest BCUT2D eigenvalue weighted by Gasteiger charge is -2.34. The molecule has 0 bridgehead atoms. The summed E-state index contributed by atoms with van der Waals surface area (Å²) >= 11 is 0. The first-order chi connectivity index (χ1) is 10.8. The standard InChI is InChI=1S/C17H25N5/c1-21-12-3-2-6-15(21)17-20-14-5-4-9-19-16(14)22(17)13-7-10-18-11-8-13/h4-5,9,13,15,18H,2-3,6-8,10-12H2,1H3. The summed E-state index contributed by atoms with van der Waals surface area (Å²) in [5, 5.41) is 3.47. The Bertz CT molecular complexity index is 644. The van der Waals surface area contributed by atoms with Crippen LogP contribution in [0.2, 0.25) is 0 Å². The number of hydrogen-bond donors (Lipinski definition) is 1. The molecule has 118 valence electrons. The summed E-state index contributed by atoms with van der Waals surface area (Å²) in [6.07, 6.45) is 8.06. The fourth-order valence-electron chi connectivity index (χ4n) is 4.01. The summed E-state index contributed by atoms with van der Waals surface area (Å²) in [7, 11) is 2.24. The lowest BCUT2D eigenvalue weighted by Crippen LogP contribution is -2.34. The second-order valence-corrected chi connectivity index (χ2v) is 6.66. The van der Waals surface area contributed by atoms with Crippen molar-refractivity contribution >= 4 is 11.2 Å². The molecule has 0 radical (unpaired) electrons. The average molecular weight is 299 g/mol. The molecule has 22 heavy (non-hydrogen) atoms. The van der Waals surface area contributed by atoms with Crippen molar-refractivity contribution in [3.63, 3.8) is 0 Å². The Kier molecular flexibility index (Phi) is 3.84. The van der Waals surface area contributed by atoms with Crippen molar-refractivity contribution in [2.75, 3.05) is 26.7 Å². The molecule has 2 saturated heterocycles. The number of imidazole rings is 1. The fourth-order valence-corrected chi connectivity index (χ4v) is 4.01. The van der Waals surface area contributed by atoms with E-state index in [9.17, 15) is 0 Å². The molecule has 2 aromatic heterocycles. The van der Waals surface area contributed by atoms with Crippen LogP contribution in [-0.2, 0) is 0 Å². The Morgan fingerprint density at radius 3 is 2.86 bits per heavy atom. The molecular weight excluding hydrogens is 274 g/mol. The van der Waals surface area contributed by atoms with Gasteiger partial charge in [0.25, 0.3) is 0 Å². The molecule has 2 aliphatic heterocycles. The highest BCUT2D eigenvalue weighted by Crippen LogP contribution is 2.34. The minimum Gasteiger partial charge on any atom is -0.317 e. The molecule has 0 saturated carbocycles. The summed E-state index contributed by atoms with van der Waals surface area (Å²) in [6, 6.07) is 5.08. The number of pyridine rings is 1. The summed E-state index contributed by atoms with van der Waals surface area (Å²) < 4.78 is 2.46. The van der Waals surface area contributed by atoms with E-state index in [0.717, 1.165) is 24.3 Å². The molecule has 1 atom stereocenters. The summed E-state index contributed by atoms with van der Waals surface area (Å²) in [5.41, 5.74) is 2.12. The van der Waals surface area contributed by atoms with Crippen LogP contribution in [0.1, 0.15) is 50.0 Å². The van der Waals surface area contributed by atoms with Gasteiger partial charge in [-0.3, -0.25) is 4.90 Å². The first-order valence-corrected chi connectivity index (χ1v) is 8.58. The molecule has 4 rings (SSSR count). The number of aromatic nitrogens is 3. The molecule has 0 amide bonds. The van der Waals surface area contributed by atoms with Crippen LogP contribution in [0, 0.1) is 0 Å². The van der Waals surface area contributed by atoms with Crippen LogP contribution in [0.15, 0.2) is 18.3 Å². The summed E-state index contributed by atoms with van der Waals surface area (Å²) in [4.78, 5) is 12.1. The Hall–Kier alpha value is -1.46. The largest absolute Gasteiger partial charge is 0.317 e. The number of nitrogens with one attached hydrogen (secondary N) is 1. The fraction of sp³-hybridized carbons (Fsp3) is 0.647. The Labute approximate surface area is 131 Å². The van der Waals surface area contributed by atoms with Crippen LogP contribution >= 0.6 is 0 Å². The lowest BCUT2D eigenvalue weighted by atomic mass is 10.0. The van der Waals surface area contributed by atoms with Gasteiger partial charge < -0.3 is 9.88 Å². The highest BCUT2D eigenvalue weighted by molar-refractivity contribution is 5.71. The van der Waals surface area contributed by atoms with Gasteiger partial charge in [0, 0.05) is 12.2 Å². The molecule has 1 N–H and O–H groups in total. The van der Waals surface area contributed by atoms with Crippen LogP contribution < -0.4 is 5.32 Å². The molecular formula is C17H25N5. The smallest absolute Gasteiger partial charge is 0.160 e. The number of piperidine rings is 2. The van der Waals surface area contributed by atoms with E-state index >= 15 is 0 Å². The molecule has 2 aromatic rings. The predicted molar refractivity (Wildman–Crippen MR) is 87.9 cm³/mol. The Balaban J connectivity index is 1.81. The molecule has 5 nitrogen and oxygen atoms in total. The number of nitrogens with zero attached hydrogens (tertiary/aromatic N) is 4. The zero-order chi connectivity index (χ0) is 14.9. The normalized spacial score (nSPS) is 24.9. The molecule has 0 aromatic carbocycles. The molecule has 1 unspecified atom stereocenters. The topological polar surface area (TPSA) is 46.0 Å². The molecule has 0 aliphatic carbocycles. The number of hydrogen-bond acceptors (Lipinski definition) is 4. The van der Waals surface area contributed by atoms with Crippen molar-refractivity contribution < 1.29 is 0 Å². The monoisotopic (exact) mass is 299 g/mol. The van der Waals surface area contributed by atoms with Crippen molar-refractivity contribution in [3.8, 4) is 0 Å². The van der Waals surface area contributed by atoms with Crippen molar-refractivity contribution in [3.05, 3.63) is 24.2 Å². The van der Waals surface area contributed by atoms with E-state index in [1.165, 1.54) is 44.5 Å². The minimum atomic E-state index is 0.442. The van der Waals surface area contributed by atoms with E-state index < -0.39 is 0 Å². The van der Waals surface area contributed by atoms with E-state index in [4.69, 9.17) is 4.98 Å². The van der Waals surface area contributed by atoms with Crippen molar-refractivity contribution in [1.82, 2.24) is 24.8 Å². The highest BCUT2D eigenvalue weighted by Gasteiger charge is 2.29. The second-order valence-electron chi connectivity index (χ2n) is 6.66. The average Bonchev–Trinajstić information content (AvgIpc) is 2.95. The van der Waals surface area contributed by atoms with Crippen molar-refractivity contribution in [2.45, 2.75) is 44.2 Å². The quantitative estimate of drug-likeness (QED) is 0.925. The van der Waals surface area contributed by atoms with Crippen LogP contribution in [0.25, 0.3) is 11.2 Å².